The molecule has 1 fully saturated rings. The van der Waals surface area contributed by atoms with E-state index in [1.807, 2.05) is 58.7 Å². The number of aromatic nitrogens is 3. The zero-order chi connectivity index (χ0) is 16.4. The summed E-state index contributed by atoms with van der Waals surface area (Å²) in [5, 5.41) is 13.4. The van der Waals surface area contributed by atoms with Gasteiger partial charge in [0.2, 0.25) is 0 Å². The van der Waals surface area contributed by atoms with Crippen molar-refractivity contribution in [2.75, 3.05) is 13.1 Å². The molecule has 122 valence electrons. The highest BCUT2D eigenvalue weighted by Gasteiger charge is 2.32. The molecular formula is C17H17N5OS. The van der Waals surface area contributed by atoms with Gasteiger partial charge in [0, 0.05) is 23.5 Å². The van der Waals surface area contributed by atoms with Gasteiger partial charge in [-0.25, -0.2) is 9.48 Å². The van der Waals surface area contributed by atoms with Crippen molar-refractivity contribution in [3.63, 3.8) is 0 Å². The second kappa shape index (κ2) is 6.45. The summed E-state index contributed by atoms with van der Waals surface area (Å²) >= 11 is 1.64. The van der Waals surface area contributed by atoms with E-state index in [4.69, 9.17) is 0 Å². The van der Waals surface area contributed by atoms with Gasteiger partial charge in [-0.05, 0) is 11.4 Å². The number of thiophene rings is 1. The average molecular weight is 339 g/mol. The SMILES string of the molecule is O=C(NCc1cccs1)N1CC(n2cc(-c3ccccc3)nn2)C1. The Morgan fingerprint density at radius 2 is 2.04 bits per heavy atom. The van der Waals surface area contributed by atoms with Crippen LogP contribution in [0.1, 0.15) is 10.9 Å². The fourth-order valence-electron chi connectivity index (χ4n) is 2.67. The van der Waals surface area contributed by atoms with E-state index in [2.05, 4.69) is 15.6 Å². The number of likely N-dealkylation sites (tertiary alicyclic amines) is 1. The van der Waals surface area contributed by atoms with Gasteiger partial charge in [0.15, 0.2) is 0 Å². The molecule has 2 aromatic heterocycles. The van der Waals surface area contributed by atoms with Gasteiger partial charge < -0.3 is 10.2 Å². The van der Waals surface area contributed by atoms with Crippen molar-refractivity contribution >= 4 is 17.4 Å². The number of nitrogens with one attached hydrogen (secondary N) is 1. The standard InChI is InChI=1S/C17H17N5OS/c23-17(18-9-15-7-4-8-24-15)21-10-14(11-21)22-12-16(19-20-22)13-5-2-1-3-6-13/h1-8,12,14H,9-11H2,(H,18,23). The Hall–Kier alpha value is -2.67. The predicted molar refractivity (Wildman–Crippen MR) is 92.6 cm³/mol. The summed E-state index contributed by atoms with van der Waals surface area (Å²) in [4.78, 5) is 15.0. The van der Waals surface area contributed by atoms with Crippen LogP contribution in [0.25, 0.3) is 11.3 Å². The topological polar surface area (TPSA) is 63.1 Å². The Kier molecular flexibility index (Phi) is 4.00. The van der Waals surface area contributed by atoms with Crippen LogP contribution in [0.4, 0.5) is 4.79 Å². The van der Waals surface area contributed by atoms with E-state index >= 15 is 0 Å². The number of carbonyl (C=O) groups excluding carboxylic acids is 1. The largest absolute Gasteiger partial charge is 0.333 e. The quantitative estimate of drug-likeness (QED) is 0.795. The van der Waals surface area contributed by atoms with Gasteiger partial charge in [-0.1, -0.05) is 41.6 Å². The molecule has 7 heteroatoms. The Morgan fingerprint density at radius 1 is 1.21 bits per heavy atom. The van der Waals surface area contributed by atoms with Gasteiger partial charge in [-0.3, -0.25) is 0 Å². The Bertz CT molecular complexity index is 809. The van der Waals surface area contributed by atoms with Crippen LogP contribution in [-0.2, 0) is 6.54 Å². The maximum atomic E-state index is 12.1. The molecule has 0 bridgehead atoms. The summed E-state index contributed by atoms with van der Waals surface area (Å²) in [5.41, 5.74) is 1.91. The highest BCUT2D eigenvalue weighted by Crippen LogP contribution is 2.23. The number of hydrogen-bond acceptors (Lipinski definition) is 4. The third-order valence-corrected chi connectivity index (χ3v) is 4.97. The second-order valence-electron chi connectivity index (χ2n) is 5.75. The van der Waals surface area contributed by atoms with E-state index in [9.17, 15) is 4.79 Å². The van der Waals surface area contributed by atoms with Gasteiger partial charge >= 0.3 is 6.03 Å². The van der Waals surface area contributed by atoms with Crippen LogP contribution in [0, 0.1) is 0 Å². The molecule has 0 atom stereocenters. The van der Waals surface area contributed by atoms with E-state index in [1.54, 1.807) is 16.2 Å². The molecule has 6 nitrogen and oxygen atoms in total. The first-order valence-electron chi connectivity index (χ1n) is 7.82. The van der Waals surface area contributed by atoms with E-state index in [0.717, 1.165) is 16.1 Å². The van der Waals surface area contributed by atoms with E-state index in [1.165, 1.54) is 0 Å². The molecule has 2 amide bonds. The monoisotopic (exact) mass is 339 g/mol. The lowest BCUT2D eigenvalue weighted by atomic mass is 10.1. The summed E-state index contributed by atoms with van der Waals surface area (Å²) in [6, 6.07) is 14.1. The number of urea groups is 1. The zero-order valence-electron chi connectivity index (χ0n) is 13.0. The van der Waals surface area contributed by atoms with Crippen LogP contribution in [-0.4, -0.2) is 39.0 Å². The smallest absolute Gasteiger partial charge is 0.317 e. The number of hydrogen-bond donors (Lipinski definition) is 1. The fraction of sp³-hybridized carbons (Fsp3) is 0.235. The second-order valence-corrected chi connectivity index (χ2v) is 6.78. The molecule has 24 heavy (non-hydrogen) atoms. The normalized spacial score (nSPS) is 14.4. The van der Waals surface area contributed by atoms with Crippen LogP contribution >= 0.6 is 11.3 Å². The zero-order valence-corrected chi connectivity index (χ0v) is 13.8. The van der Waals surface area contributed by atoms with Crippen LogP contribution in [0.15, 0.2) is 54.0 Å². The molecule has 0 spiro atoms. The minimum Gasteiger partial charge on any atom is -0.333 e. The fourth-order valence-corrected chi connectivity index (χ4v) is 3.32. The van der Waals surface area contributed by atoms with Gasteiger partial charge in [0.1, 0.15) is 5.69 Å². The highest BCUT2D eigenvalue weighted by atomic mass is 32.1. The molecular weight excluding hydrogens is 322 g/mol. The molecule has 3 aromatic rings. The van der Waals surface area contributed by atoms with Crippen molar-refractivity contribution in [1.82, 2.24) is 25.2 Å². The third-order valence-electron chi connectivity index (χ3n) is 4.10. The van der Waals surface area contributed by atoms with Gasteiger partial charge in [0.25, 0.3) is 0 Å². The minimum absolute atomic E-state index is 0.0250. The average Bonchev–Trinajstić information content (AvgIpc) is 3.24. The molecule has 0 radical (unpaired) electrons. The minimum atomic E-state index is -0.0250. The number of amides is 2. The Morgan fingerprint density at radius 3 is 2.79 bits per heavy atom. The highest BCUT2D eigenvalue weighted by molar-refractivity contribution is 7.09. The van der Waals surface area contributed by atoms with Crippen LogP contribution in [0.5, 0.6) is 0 Å². The third kappa shape index (κ3) is 3.03. The van der Waals surface area contributed by atoms with Crippen LogP contribution in [0.3, 0.4) is 0 Å². The summed E-state index contributed by atoms with van der Waals surface area (Å²) in [7, 11) is 0. The lowest BCUT2D eigenvalue weighted by Gasteiger charge is -2.38. The molecule has 1 aliphatic heterocycles. The Balaban J connectivity index is 1.31. The van der Waals surface area contributed by atoms with Crippen LogP contribution in [0.2, 0.25) is 0 Å². The van der Waals surface area contributed by atoms with E-state index in [0.29, 0.717) is 19.6 Å². The van der Waals surface area contributed by atoms with Crippen molar-refractivity contribution in [2.24, 2.45) is 0 Å². The molecule has 1 N–H and O–H groups in total. The molecule has 0 unspecified atom stereocenters. The maximum absolute atomic E-state index is 12.1. The number of nitrogens with zero attached hydrogens (tertiary/aromatic N) is 4. The first kappa shape index (κ1) is 14.9. The van der Waals surface area contributed by atoms with Gasteiger partial charge in [-0.15, -0.1) is 16.4 Å². The van der Waals surface area contributed by atoms with Crippen molar-refractivity contribution in [1.29, 1.82) is 0 Å². The van der Waals surface area contributed by atoms with Crippen molar-refractivity contribution in [3.05, 3.63) is 58.9 Å². The number of rotatable bonds is 4. The number of carbonyl (C=O) groups is 1. The van der Waals surface area contributed by atoms with Crippen molar-refractivity contribution in [3.8, 4) is 11.3 Å². The maximum Gasteiger partial charge on any atom is 0.317 e. The van der Waals surface area contributed by atoms with E-state index in [-0.39, 0.29) is 12.1 Å². The molecule has 1 aromatic carbocycles. The van der Waals surface area contributed by atoms with E-state index < -0.39 is 0 Å². The summed E-state index contributed by atoms with van der Waals surface area (Å²) < 4.78 is 1.85. The summed E-state index contributed by atoms with van der Waals surface area (Å²) in [6.07, 6.45) is 1.95. The van der Waals surface area contributed by atoms with Gasteiger partial charge in [0.05, 0.1) is 18.8 Å². The molecule has 0 aliphatic carbocycles. The van der Waals surface area contributed by atoms with Crippen molar-refractivity contribution < 1.29 is 4.79 Å². The lowest BCUT2D eigenvalue weighted by Crippen LogP contribution is -2.54. The molecule has 3 heterocycles. The lowest BCUT2D eigenvalue weighted by molar-refractivity contribution is 0.117. The molecule has 1 saturated heterocycles. The first-order chi connectivity index (χ1) is 11.8. The summed E-state index contributed by atoms with van der Waals surface area (Å²) in [6.45, 7) is 1.90. The molecule has 0 saturated carbocycles. The molecule has 4 rings (SSSR count). The Labute approximate surface area is 143 Å². The number of benzene rings is 1. The first-order valence-corrected chi connectivity index (χ1v) is 8.70. The van der Waals surface area contributed by atoms with Gasteiger partial charge in [-0.2, -0.15) is 0 Å². The van der Waals surface area contributed by atoms with Crippen molar-refractivity contribution in [2.45, 2.75) is 12.6 Å². The van der Waals surface area contributed by atoms with Crippen LogP contribution < -0.4 is 5.32 Å². The molecule has 1 aliphatic rings. The predicted octanol–water partition coefficient (Wildman–Crippen LogP) is 2.77. The summed E-state index contributed by atoms with van der Waals surface area (Å²) in [5.74, 6) is 0.